The summed E-state index contributed by atoms with van der Waals surface area (Å²) in [4.78, 5) is 4.53. The van der Waals surface area contributed by atoms with Crippen molar-refractivity contribution in [3.8, 4) is 5.75 Å². The van der Waals surface area contributed by atoms with Crippen LogP contribution < -0.4 is 15.4 Å². The number of hydrogen-bond donors (Lipinski definition) is 2. The molecule has 136 valence electrons. The highest BCUT2D eigenvalue weighted by Gasteiger charge is 2.05. The summed E-state index contributed by atoms with van der Waals surface area (Å²) in [7, 11) is 0. The molecule has 6 heteroatoms. The lowest BCUT2D eigenvalue weighted by Crippen LogP contribution is -2.38. The molecule has 0 bridgehead atoms. The van der Waals surface area contributed by atoms with Crippen LogP contribution in [0.5, 0.6) is 5.75 Å². The molecule has 0 spiro atoms. The molecule has 0 heterocycles. The van der Waals surface area contributed by atoms with E-state index in [1.165, 1.54) is 12.1 Å². The number of guanidine groups is 1. The van der Waals surface area contributed by atoms with Crippen LogP contribution in [0.15, 0.2) is 29.3 Å². The molecule has 1 atom stereocenters. The van der Waals surface area contributed by atoms with Gasteiger partial charge in [0, 0.05) is 26.3 Å². The van der Waals surface area contributed by atoms with Crippen molar-refractivity contribution < 1.29 is 13.9 Å². The molecule has 0 saturated heterocycles. The molecule has 2 N–H and O–H groups in total. The van der Waals surface area contributed by atoms with E-state index >= 15 is 0 Å². The molecule has 1 aromatic carbocycles. The normalized spacial score (nSPS) is 12.8. The van der Waals surface area contributed by atoms with Crippen molar-refractivity contribution in [2.24, 2.45) is 4.99 Å². The summed E-state index contributed by atoms with van der Waals surface area (Å²) in [6.45, 7) is 9.72. The molecule has 0 aliphatic carbocycles. The van der Waals surface area contributed by atoms with Crippen molar-refractivity contribution in [1.82, 2.24) is 10.6 Å². The molecule has 5 nitrogen and oxygen atoms in total. The van der Waals surface area contributed by atoms with Gasteiger partial charge in [-0.25, -0.2) is 9.38 Å². The van der Waals surface area contributed by atoms with Crippen LogP contribution >= 0.6 is 0 Å². The van der Waals surface area contributed by atoms with E-state index in [1.54, 1.807) is 12.1 Å². The molecule has 0 aliphatic heterocycles. The number of rotatable bonds is 11. The summed E-state index contributed by atoms with van der Waals surface area (Å²) in [5.41, 5.74) is 0. The van der Waals surface area contributed by atoms with Crippen LogP contribution in [0.4, 0.5) is 4.39 Å². The first kappa shape index (κ1) is 20.2. The molecular formula is C18H30FN3O2. The number of unbranched alkanes of at least 4 members (excludes halogenated alkanes) is 1. The van der Waals surface area contributed by atoms with E-state index < -0.39 is 0 Å². The average molecular weight is 339 g/mol. The molecule has 0 fully saturated rings. The fourth-order valence-electron chi connectivity index (χ4n) is 2.02. The highest BCUT2D eigenvalue weighted by atomic mass is 19.1. The van der Waals surface area contributed by atoms with Crippen molar-refractivity contribution in [2.45, 2.75) is 39.7 Å². The van der Waals surface area contributed by atoms with Gasteiger partial charge in [0.15, 0.2) is 5.96 Å². The van der Waals surface area contributed by atoms with Gasteiger partial charge in [-0.05, 0) is 57.9 Å². The van der Waals surface area contributed by atoms with Gasteiger partial charge in [-0.15, -0.1) is 0 Å². The molecule has 1 unspecified atom stereocenters. The standard InChI is InChI=1S/C18H30FN3O2/c1-4-20-18(21-12-6-7-13-23-5-2)22-14-15(3)24-17-10-8-16(19)9-11-17/h8-11,15H,4-7,12-14H2,1-3H3,(H2,20,21,22). The summed E-state index contributed by atoms with van der Waals surface area (Å²) in [5, 5.41) is 6.52. The maximum atomic E-state index is 12.9. The first-order chi connectivity index (χ1) is 11.7. The smallest absolute Gasteiger partial charge is 0.191 e. The fraction of sp³-hybridized carbons (Fsp3) is 0.611. The largest absolute Gasteiger partial charge is 0.489 e. The second-order valence-corrected chi connectivity index (χ2v) is 5.43. The summed E-state index contributed by atoms with van der Waals surface area (Å²) >= 11 is 0. The van der Waals surface area contributed by atoms with E-state index in [0.717, 1.165) is 45.1 Å². The van der Waals surface area contributed by atoms with Gasteiger partial charge in [0.2, 0.25) is 0 Å². The summed E-state index contributed by atoms with van der Waals surface area (Å²) in [6.07, 6.45) is 1.97. The highest BCUT2D eigenvalue weighted by molar-refractivity contribution is 5.79. The molecule has 0 aromatic heterocycles. The Morgan fingerprint density at radius 3 is 2.58 bits per heavy atom. The molecule has 1 aromatic rings. The van der Waals surface area contributed by atoms with Gasteiger partial charge in [0.25, 0.3) is 0 Å². The Labute approximate surface area is 144 Å². The van der Waals surface area contributed by atoms with Crippen LogP contribution in [-0.4, -0.2) is 44.9 Å². The molecule has 0 radical (unpaired) electrons. The lowest BCUT2D eigenvalue weighted by atomic mass is 10.3. The van der Waals surface area contributed by atoms with Crippen molar-refractivity contribution >= 4 is 5.96 Å². The quantitative estimate of drug-likeness (QED) is 0.370. The Bertz CT molecular complexity index is 466. The minimum absolute atomic E-state index is 0.0936. The van der Waals surface area contributed by atoms with E-state index in [-0.39, 0.29) is 11.9 Å². The zero-order chi connectivity index (χ0) is 17.6. The average Bonchev–Trinajstić information content (AvgIpc) is 2.57. The van der Waals surface area contributed by atoms with Crippen molar-refractivity contribution in [2.75, 3.05) is 32.8 Å². The minimum Gasteiger partial charge on any atom is -0.489 e. The van der Waals surface area contributed by atoms with Gasteiger partial charge < -0.3 is 20.1 Å². The predicted octanol–water partition coefficient (Wildman–Crippen LogP) is 2.96. The van der Waals surface area contributed by atoms with Crippen molar-refractivity contribution in [1.29, 1.82) is 0 Å². The molecule has 0 saturated carbocycles. The van der Waals surface area contributed by atoms with E-state index in [4.69, 9.17) is 9.47 Å². The Kier molecular flexibility index (Phi) is 10.6. The first-order valence-corrected chi connectivity index (χ1v) is 8.67. The zero-order valence-corrected chi connectivity index (χ0v) is 15.0. The SMILES string of the molecule is CCNC(=NCC(C)Oc1ccc(F)cc1)NCCCCOCC. The lowest BCUT2D eigenvalue weighted by molar-refractivity contribution is 0.143. The van der Waals surface area contributed by atoms with E-state index in [9.17, 15) is 4.39 Å². The third kappa shape index (κ3) is 9.35. The predicted molar refractivity (Wildman–Crippen MR) is 96.2 cm³/mol. The van der Waals surface area contributed by atoms with E-state index in [1.807, 2.05) is 20.8 Å². The van der Waals surface area contributed by atoms with Crippen LogP contribution in [0.25, 0.3) is 0 Å². The van der Waals surface area contributed by atoms with Crippen LogP contribution in [-0.2, 0) is 4.74 Å². The van der Waals surface area contributed by atoms with Crippen LogP contribution in [0.3, 0.4) is 0 Å². The number of ether oxygens (including phenoxy) is 2. The summed E-state index contributed by atoms with van der Waals surface area (Å²) in [6, 6.07) is 6.02. The van der Waals surface area contributed by atoms with Gasteiger partial charge in [-0.3, -0.25) is 0 Å². The van der Waals surface area contributed by atoms with Crippen LogP contribution in [0.1, 0.15) is 33.6 Å². The van der Waals surface area contributed by atoms with Crippen LogP contribution in [0, 0.1) is 5.82 Å². The van der Waals surface area contributed by atoms with Gasteiger partial charge >= 0.3 is 0 Å². The molecule has 0 amide bonds. The number of nitrogens with one attached hydrogen (secondary N) is 2. The van der Waals surface area contributed by atoms with Gasteiger partial charge in [-0.1, -0.05) is 0 Å². The number of aliphatic imine (C=N–C) groups is 1. The molecular weight excluding hydrogens is 309 g/mol. The third-order valence-corrected chi connectivity index (χ3v) is 3.21. The Hall–Kier alpha value is -1.82. The maximum absolute atomic E-state index is 12.9. The zero-order valence-electron chi connectivity index (χ0n) is 15.0. The number of benzene rings is 1. The lowest BCUT2D eigenvalue weighted by Gasteiger charge is -2.15. The third-order valence-electron chi connectivity index (χ3n) is 3.21. The fourth-order valence-corrected chi connectivity index (χ4v) is 2.02. The summed E-state index contributed by atoms with van der Waals surface area (Å²) < 4.78 is 23.9. The van der Waals surface area contributed by atoms with E-state index in [0.29, 0.717) is 12.3 Å². The number of nitrogens with zero attached hydrogens (tertiary/aromatic N) is 1. The minimum atomic E-state index is -0.268. The second-order valence-electron chi connectivity index (χ2n) is 5.43. The number of hydrogen-bond acceptors (Lipinski definition) is 3. The van der Waals surface area contributed by atoms with Gasteiger partial charge in [0.1, 0.15) is 17.7 Å². The monoisotopic (exact) mass is 339 g/mol. The van der Waals surface area contributed by atoms with Crippen molar-refractivity contribution in [3.05, 3.63) is 30.1 Å². The number of halogens is 1. The first-order valence-electron chi connectivity index (χ1n) is 8.67. The van der Waals surface area contributed by atoms with Gasteiger partial charge in [-0.2, -0.15) is 0 Å². The van der Waals surface area contributed by atoms with E-state index in [2.05, 4.69) is 15.6 Å². The highest BCUT2D eigenvalue weighted by Crippen LogP contribution is 2.12. The summed E-state index contributed by atoms with van der Waals surface area (Å²) in [5.74, 6) is 1.16. The maximum Gasteiger partial charge on any atom is 0.191 e. The Balaban J connectivity index is 2.33. The molecule has 0 aliphatic rings. The second kappa shape index (κ2) is 12.6. The Morgan fingerprint density at radius 2 is 1.92 bits per heavy atom. The topological polar surface area (TPSA) is 54.9 Å². The Morgan fingerprint density at radius 1 is 1.17 bits per heavy atom. The molecule has 24 heavy (non-hydrogen) atoms. The van der Waals surface area contributed by atoms with Gasteiger partial charge in [0.05, 0.1) is 6.54 Å². The molecule has 1 rings (SSSR count). The van der Waals surface area contributed by atoms with Crippen molar-refractivity contribution in [3.63, 3.8) is 0 Å². The van der Waals surface area contributed by atoms with Crippen LogP contribution in [0.2, 0.25) is 0 Å².